The standard InChI is InChI=1S/C22H26N2O7S/c1-14(25)23-18-12-15(10-11-19(18)30-5)32(28,29)24-17-9-7-6-8-16(17)21(27)31-13-20(26)22(2,3)4/h6-12,24H,13H2,1-5H3,(H,23,25). The second-order valence-electron chi connectivity index (χ2n) is 7.94. The first kappa shape index (κ1) is 24.9. The number of Topliss-reactive ketones (excluding diaryl/α,β-unsaturated/α-hetero) is 1. The number of methoxy groups -OCH3 is 1. The molecule has 0 radical (unpaired) electrons. The molecule has 0 saturated heterocycles. The largest absolute Gasteiger partial charge is 0.495 e. The van der Waals surface area contributed by atoms with Crippen LogP contribution in [0.5, 0.6) is 5.75 Å². The lowest BCUT2D eigenvalue weighted by molar-refractivity contribution is -0.129. The van der Waals surface area contributed by atoms with Gasteiger partial charge in [-0.1, -0.05) is 32.9 Å². The van der Waals surface area contributed by atoms with E-state index in [9.17, 15) is 22.8 Å². The number of hydrogen-bond acceptors (Lipinski definition) is 7. The molecule has 0 bridgehead atoms. The number of para-hydroxylation sites is 1. The molecule has 0 unspecified atom stereocenters. The Morgan fingerprint density at radius 1 is 1.00 bits per heavy atom. The molecule has 0 aliphatic rings. The number of amides is 1. The molecule has 0 heterocycles. The number of ether oxygens (including phenoxy) is 2. The number of rotatable bonds is 8. The summed E-state index contributed by atoms with van der Waals surface area (Å²) in [5.74, 6) is -1.22. The van der Waals surface area contributed by atoms with Crippen molar-refractivity contribution in [1.82, 2.24) is 0 Å². The van der Waals surface area contributed by atoms with Crippen molar-refractivity contribution in [2.24, 2.45) is 5.41 Å². The molecule has 0 aliphatic heterocycles. The summed E-state index contributed by atoms with van der Waals surface area (Å²) in [6, 6.07) is 9.82. The highest BCUT2D eigenvalue weighted by Crippen LogP contribution is 2.29. The van der Waals surface area contributed by atoms with Crippen molar-refractivity contribution >= 4 is 39.1 Å². The fraction of sp³-hybridized carbons (Fsp3) is 0.318. The van der Waals surface area contributed by atoms with E-state index >= 15 is 0 Å². The van der Waals surface area contributed by atoms with Crippen molar-refractivity contribution in [3.05, 3.63) is 48.0 Å². The lowest BCUT2D eigenvalue weighted by atomic mass is 9.91. The number of sulfonamides is 1. The maximum Gasteiger partial charge on any atom is 0.340 e. The van der Waals surface area contributed by atoms with Gasteiger partial charge in [0, 0.05) is 12.3 Å². The fourth-order valence-electron chi connectivity index (χ4n) is 2.52. The van der Waals surface area contributed by atoms with Crippen molar-refractivity contribution in [1.29, 1.82) is 0 Å². The Morgan fingerprint density at radius 2 is 1.66 bits per heavy atom. The Morgan fingerprint density at radius 3 is 2.25 bits per heavy atom. The van der Waals surface area contributed by atoms with E-state index in [1.165, 1.54) is 44.4 Å². The molecule has 0 saturated carbocycles. The van der Waals surface area contributed by atoms with E-state index in [0.717, 1.165) is 0 Å². The third-order valence-corrected chi connectivity index (χ3v) is 5.72. The smallest absolute Gasteiger partial charge is 0.340 e. The van der Waals surface area contributed by atoms with Gasteiger partial charge in [-0.05, 0) is 30.3 Å². The minimum atomic E-state index is -4.14. The van der Waals surface area contributed by atoms with Crippen molar-refractivity contribution in [2.45, 2.75) is 32.6 Å². The van der Waals surface area contributed by atoms with Gasteiger partial charge in [0.25, 0.3) is 10.0 Å². The van der Waals surface area contributed by atoms with Crippen LogP contribution < -0.4 is 14.8 Å². The van der Waals surface area contributed by atoms with Gasteiger partial charge >= 0.3 is 5.97 Å². The average molecular weight is 463 g/mol. The van der Waals surface area contributed by atoms with Crippen LogP contribution in [-0.2, 0) is 24.3 Å². The predicted molar refractivity (Wildman–Crippen MR) is 119 cm³/mol. The Balaban J connectivity index is 2.30. The summed E-state index contributed by atoms with van der Waals surface area (Å²) < 4.78 is 38.5. The molecule has 172 valence electrons. The Hall–Kier alpha value is -3.40. The molecule has 0 fully saturated rings. The third-order valence-electron chi connectivity index (χ3n) is 4.35. The van der Waals surface area contributed by atoms with E-state index in [1.54, 1.807) is 32.9 Å². The summed E-state index contributed by atoms with van der Waals surface area (Å²) >= 11 is 0. The van der Waals surface area contributed by atoms with Crippen LogP contribution in [0.1, 0.15) is 38.1 Å². The second kappa shape index (κ2) is 9.82. The predicted octanol–water partition coefficient (Wildman–Crippen LogP) is 3.23. The first-order chi connectivity index (χ1) is 14.8. The van der Waals surface area contributed by atoms with Gasteiger partial charge in [0.05, 0.1) is 28.9 Å². The first-order valence-electron chi connectivity index (χ1n) is 9.63. The maximum atomic E-state index is 12.9. The Kier molecular flexibility index (Phi) is 7.63. The van der Waals surface area contributed by atoms with Crippen molar-refractivity contribution in [3.63, 3.8) is 0 Å². The molecule has 1 amide bonds. The van der Waals surface area contributed by atoms with E-state index in [2.05, 4.69) is 10.0 Å². The van der Waals surface area contributed by atoms with E-state index in [4.69, 9.17) is 9.47 Å². The summed E-state index contributed by atoms with van der Waals surface area (Å²) in [6.07, 6.45) is 0. The summed E-state index contributed by atoms with van der Waals surface area (Å²) in [5.41, 5.74) is -0.566. The molecular weight excluding hydrogens is 436 g/mol. The Bertz CT molecular complexity index is 1140. The quantitative estimate of drug-likeness (QED) is 0.577. The summed E-state index contributed by atoms with van der Waals surface area (Å²) in [7, 11) is -2.75. The van der Waals surface area contributed by atoms with Crippen molar-refractivity contribution in [2.75, 3.05) is 23.8 Å². The van der Waals surface area contributed by atoms with E-state index in [0.29, 0.717) is 0 Å². The molecule has 9 nitrogen and oxygen atoms in total. The van der Waals surface area contributed by atoms with Crippen LogP contribution in [-0.4, -0.2) is 39.8 Å². The van der Waals surface area contributed by atoms with E-state index in [-0.39, 0.29) is 33.4 Å². The highest BCUT2D eigenvalue weighted by atomic mass is 32.2. The average Bonchev–Trinajstić information content (AvgIpc) is 2.70. The molecule has 32 heavy (non-hydrogen) atoms. The van der Waals surface area contributed by atoms with Gasteiger partial charge in [0.15, 0.2) is 12.4 Å². The van der Waals surface area contributed by atoms with E-state index < -0.39 is 33.9 Å². The van der Waals surface area contributed by atoms with Crippen LogP contribution in [0.15, 0.2) is 47.4 Å². The van der Waals surface area contributed by atoms with Crippen LogP contribution in [0.25, 0.3) is 0 Å². The first-order valence-corrected chi connectivity index (χ1v) is 11.1. The maximum absolute atomic E-state index is 12.9. The number of hydrogen-bond donors (Lipinski definition) is 2. The third kappa shape index (κ3) is 6.30. The number of benzene rings is 2. The molecule has 10 heteroatoms. The van der Waals surface area contributed by atoms with Crippen LogP contribution >= 0.6 is 0 Å². The fourth-order valence-corrected chi connectivity index (χ4v) is 3.63. The number of esters is 1. The number of anilines is 2. The summed E-state index contributed by atoms with van der Waals surface area (Å²) in [5, 5.41) is 2.51. The minimum Gasteiger partial charge on any atom is -0.495 e. The number of ketones is 1. The minimum absolute atomic E-state index is 0.0161. The van der Waals surface area contributed by atoms with Crippen LogP contribution in [0.4, 0.5) is 11.4 Å². The molecule has 2 rings (SSSR count). The van der Waals surface area contributed by atoms with Crippen molar-refractivity contribution < 1.29 is 32.3 Å². The molecule has 2 N–H and O–H groups in total. The molecule has 0 aromatic heterocycles. The van der Waals surface area contributed by atoms with Crippen LogP contribution in [0.3, 0.4) is 0 Å². The Labute approximate surface area is 187 Å². The number of carbonyl (C=O) groups excluding carboxylic acids is 3. The lowest BCUT2D eigenvalue weighted by Crippen LogP contribution is -2.26. The molecule has 2 aromatic rings. The molecule has 0 aliphatic carbocycles. The monoisotopic (exact) mass is 462 g/mol. The highest BCUT2D eigenvalue weighted by Gasteiger charge is 2.25. The van der Waals surface area contributed by atoms with Gasteiger partial charge in [0.1, 0.15) is 5.75 Å². The highest BCUT2D eigenvalue weighted by molar-refractivity contribution is 7.92. The van der Waals surface area contributed by atoms with Gasteiger partial charge in [-0.3, -0.25) is 14.3 Å². The normalized spacial score (nSPS) is 11.4. The molecule has 2 aromatic carbocycles. The number of nitrogens with one attached hydrogen (secondary N) is 2. The molecular formula is C22H26N2O7S. The van der Waals surface area contributed by atoms with Gasteiger partial charge in [-0.25, -0.2) is 13.2 Å². The van der Waals surface area contributed by atoms with Gasteiger partial charge in [0.2, 0.25) is 5.91 Å². The van der Waals surface area contributed by atoms with Gasteiger partial charge < -0.3 is 14.8 Å². The number of carbonyl (C=O) groups is 3. The lowest BCUT2D eigenvalue weighted by Gasteiger charge is -2.17. The van der Waals surface area contributed by atoms with Gasteiger partial charge in [-0.2, -0.15) is 0 Å². The second-order valence-corrected chi connectivity index (χ2v) is 9.63. The molecule has 0 spiro atoms. The summed E-state index contributed by atoms with van der Waals surface area (Å²) in [4.78, 5) is 35.8. The topological polar surface area (TPSA) is 128 Å². The van der Waals surface area contributed by atoms with Crippen molar-refractivity contribution in [3.8, 4) is 5.75 Å². The zero-order valence-corrected chi connectivity index (χ0v) is 19.3. The molecule has 0 atom stereocenters. The summed E-state index contributed by atoms with van der Waals surface area (Å²) in [6.45, 7) is 5.97. The van der Waals surface area contributed by atoms with Gasteiger partial charge in [-0.15, -0.1) is 0 Å². The van der Waals surface area contributed by atoms with E-state index in [1.807, 2.05) is 0 Å². The SMILES string of the molecule is COc1ccc(S(=O)(=O)Nc2ccccc2C(=O)OCC(=O)C(C)(C)C)cc1NC(C)=O. The van der Waals surface area contributed by atoms with Crippen LogP contribution in [0, 0.1) is 5.41 Å². The zero-order valence-electron chi connectivity index (χ0n) is 18.5. The zero-order chi connectivity index (χ0) is 24.1. The van der Waals surface area contributed by atoms with Crippen LogP contribution in [0.2, 0.25) is 0 Å².